The van der Waals surface area contributed by atoms with Gasteiger partial charge in [-0.15, -0.1) is 11.8 Å². The molecule has 1 fully saturated rings. The van der Waals surface area contributed by atoms with Crippen LogP contribution in [0.1, 0.15) is 25.7 Å². The molecule has 0 spiro atoms. The van der Waals surface area contributed by atoms with Crippen LogP contribution in [0.3, 0.4) is 0 Å². The average Bonchev–Trinajstić information content (AvgIpc) is 2.65. The van der Waals surface area contributed by atoms with E-state index in [2.05, 4.69) is 6.07 Å². The Hall–Kier alpha value is -0.870. The molecule has 1 N–H and O–H groups in total. The maximum absolute atomic E-state index is 9.86. The summed E-state index contributed by atoms with van der Waals surface area (Å²) in [6.45, 7) is 1.44. The lowest BCUT2D eigenvalue weighted by atomic mass is 10.3. The average molecular weight is 266 g/mol. The third-order valence-corrected chi connectivity index (χ3v) is 4.80. The first-order valence-electron chi connectivity index (χ1n) is 6.57. The van der Waals surface area contributed by atoms with Crippen LogP contribution in [-0.2, 0) is 0 Å². The summed E-state index contributed by atoms with van der Waals surface area (Å²) in [5.74, 6) is 1.67. The van der Waals surface area contributed by atoms with Crippen molar-refractivity contribution in [2.24, 2.45) is 0 Å². The summed E-state index contributed by atoms with van der Waals surface area (Å²) in [4.78, 5) is 1.16. The summed E-state index contributed by atoms with van der Waals surface area (Å²) in [7, 11) is 0. The van der Waals surface area contributed by atoms with Gasteiger partial charge in [-0.05, 0) is 37.5 Å². The molecule has 1 saturated carbocycles. The third-order valence-electron chi connectivity index (χ3n) is 3.42. The van der Waals surface area contributed by atoms with Crippen LogP contribution in [-0.4, -0.2) is 29.7 Å². The second-order valence-corrected chi connectivity index (χ2v) is 6.13. The zero-order valence-electron chi connectivity index (χ0n) is 10.3. The minimum atomic E-state index is -0.161. The van der Waals surface area contributed by atoms with Crippen molar-refractivity contribution >= 4 is 11.8 Å². The maximum Gasteiger partial charge on any atom is 0.162 e. The van der Waals surface area contributed by atoms with Gasteiger partial charge in [0, 0.05) is 16.6 Å². The molecule has 0 radical (unpaired) electrons. The Morgan fingerprint density at radius 2 is 1.89 bits per heavy atom. The predicted molar refractivity (Wildman–Crippen MR) is 71.6 cm³/mol. The van der Waals surface area contributed by atoms with Gasteiger partial charge in [-0.3, -0.25) is 0 Å². The monoisotopic (exact) mass is 266 g/mol. The highest BCUT2D eigenvalue weighted by Gasteiger charge is 2.26. The fourth-order valence-electron chi connectivity index (χ4n) is 2.44. The number of ether oxygens (including phenoxy) is 2. The molecule has 1 aliphatic heterocycles. The van der Waals surface area contributed by atoms with Crippen molar-refractivity contribution in [1.82, 2.24) is 0 Å². The molecule has 98 valence electrons. The van der Waals surface area contributed by atoms with E-state index in [0.29, 0.717) is 11.9 Å². The van der Waals surface area contributed by atoms with Crippen LogP contribution in [0.15, 0.2) is 23.1 Å². The summed E-state index contributed by atoms with van der Waals surface area (Å²) < 4.78 is 11.3. The number of aliphatic hydroxyl groups is 1. The first-order chi connectivity index (χ1) is 8.83. The largest absolute Gasteiger partial charge is 0.490 e. The minimum Gasteiger partial charge on any atom is -0.490 e. The van der Waals surface area contributed by atoms with Crippen molar-refractivity contribution < 1.29 is 14.6 Å². The summed E-state index contributed by atoms with van der Waals surface area (Å²) in [6.07, 6.45) is 3.93. The Kier molecular flexibility index (Phi) is 3.66. The summed E-state index contributed by atoms with van der Waals surface area (Å²) in [5, 5.41) is 10.2. The van der Waals surface area contributed by atoms with Crippen molar-refractivity contribution in [3.8, 4) is 11.5 Å². The van der Waals surface area contributed by atoms with Crippen molar-refractivity contribution in [3.05, 3.63) is 18.2 Å². The van der Waals surface area contributed by atoms with Crippen molar-refractivity contribution in [1.29, 1.82) is 0 Å². The molecule has 0 bridgehead atoms. The molecule has 1 aliphatic carbocycles. The lowest BCUT2D eigenvalue weighted by Crippen LogP contribution is -2.14. The van der Waals surface area contributed by atoms with E-state index in [1.54, 1.807) is 11.8 Å². The quantitative estimate of drug-likeness (QED) is 0.893. The standard InChI is InChI=1S/C14H18O3S/c15-11-3-1-4-14(11)18-10-5-6-12-13(9-10)17-8-2-7-16-12/h5-6,9,11,14-15H,1-4,7-8H2/t11-,14-/m1/s1. The van der Waals surface area contributed by atoms with Gasteiger partial charge in [0.25, 0.3) is 0 Å². The van der Waals surface area contributed by atoms with Gasteiger partial charge in [-0.25, -0.2) is 0 Å². The first-order valence-corrected chi connectivity index (χ1v) is 7.45. The molecular formula is C14H18O3S. The molecule has 4 heteroatoms. The molecule has 1 heterocycles. The lowest BCUT2D eigenvalue weighted by molar-refractivity contribution is 0.188. The van der Waals surface area contributed by atoms with Gasteiger partial charge in [0.15, 0.2) is 11.5 Å². The molecule has 2 atom stereocenters. The van der Waals surface area contributed by atoms with Crippen molar-refractivity contribution in [2.75, 3.05) is 13.2 Å². The fourth-order valence-corrected chi connectivity index (χ4v) is 3.68. The number of hydrogen-bond donors (Lipinski definition) is 1. The minimum absolute atomic E-state index is 0.161. The van der Waals surface area contributed by atoms with Crippen LogP contribution in [0.5, 0.6) is 11.5 Å². The highest BCUT2D eigenvalue weighted by Crippen LogP contribution is 2.39. The Labute approximate surface area is 111 Å². The summed E-state index contributed by atoms with van der Waals surface area (Å²) >= 11 is 1.75. The zero-order valence-corrected chi connectivity index (χ0v) is 11.1. The van der Waals surface area contributed by atoms with Crippen molar-refractivity contribution in [3.63, 3.8) is 0 Å². The normalized spacial score (nSPS) is 26.9. The summed E-state index contributed by atoms with van der Waals surface area (Å²) in [6, 6.07) is 6.07. The van der Waals surface area contributed by atoms with E-state index in [-0.39, 0.29) is 6.10 Å². The van der Waals surface area contributed by atoms with Crippen LogP contribution >= 0.6 is 11.8 Å². The van der Waals surface area contributed by atoms with E-state index in [1.165, 1.54) is 0 Å². The maximum atomic E-state index is 9.86. The molecular weight excluding hydrogens is 248 g/mol. The number of aliphatic hydroxyl groups excluding tert-OH is 1. The number of hydrogen-bond acceptors (Lipinski definition) is 4. The Morgan fingerprint density at radius 1 is 1.06 bits per heavy atom. The van der Waals surface area contributed by atoms with Gasteiger partial charge in [-0.1, -0.05) is 0 Å². The van der Waals surface area contributed by atoms with E-state index in [9.17, 15) is 5.11 Å². The molecule has 1 aromatic carbocycles. The molecule has 0 unspecified atom stereocenters. The molecule has 3 nitrogen and oxygen atoms in total. The fraction of sp³-hybridized carbons (Fsp3) is 0.571. The summed E-state index contributed by atoms with van der Waals surface area (Å²) in [5.41, 5.74) is 0. The Morgan fingerprint density at radius 3 is 2.67 bits per heavy atom. The van der Waals surface area contributed by atoms with Crippen LogP contribution in [0.25, 0.3) is 0 Å². The smallest absolute Gasteiger partial charge is 0.162 e. The van der Waals surface area contributed by atoms with Gasteiger partial charge in [0.2, 0.25) is 0 Å². The molecule has 0 aromatic heterocycles. The Balaban J connectivity index is 1.75. The van der Waals surface area contributed by atoms with E-state index >= 15 is 0 Å². The van der Waals surface area contributed by atoms with Gasteiger partial charge < -0.3 is 14.6 Å². The second kappa shape index (κ2) is 5.41. The Bertz CT molecular complexity index is 422. The zero-order chi connectivity index (χ0) is 12.4. The highest BCUT2D eigenvalue weighted by molar-refractivity contribution is 8.00. The number of fused-ring (bicyclic) bond motifs is 1. The first kappa shape index (κ1) is 12.2. The molecule has 0 amide bonds. The van der Waals surface area contributed by atoms with Gasteiger partial charge in [0.05, 0.1) is 19.3 Å². The number of benzene rings is 1. The SMILES string of the molecule is O[C@@H]1CCC[C@H]1Sc1ccc2c(c1)OCCCO2. The van der Waals surface area contributed by atoms with Crippen molar-refractivity contribution in [2.45, 2.75) is 41.9 Å². The molecule has 1 aromatic rings. The van der Waals surface area contributed by atoms with E-state index in [4.69, 9.17) is 9.47 Å². The topological polar surface area (TPSA) is 38.7 Å². The van der Waals surface area contributed by atoms with Gasteiger partial charge >= 0.3 is 0 Å². The molecule has 3 rings (SSSR count). The number of thioether (sulfide) groups is 1. The van der Waals surface area contributed by atoms with Gasteiger partial charge in [0.1, 0.15) is 0 Å². The van der Waals surface area contributed by atoms with Crippen LogP contribution < -0.4 is 9.47 Å². The highest BCUT2D eigenvalue weighted by atomic mass is 32.2. The van der Waals surface area contributed by atoms with E-state index < -0.39 is 0 Å². The second-order valence-electron chi connectivity index (χ2n) is 4.81. The molecule has 2 aliphatic rings. The predicted octanol–water partition coefficient (Wildman–Crippen LogP) is 2.85. The van der Waals surface area contributed by atoms with Crippen LogP contribution in [0.4, 0.5) is 0 Å². The molecule has 18 heavy (non-hydrogen) atoms. The van der Waals surface area contributed by atoms with E-state index in [1.807, 2.05) is 12.1 Å². The van der Waals surface area contributed by atoms with Gasteiger partial charge in [-0.2, -0.15) is 0 Å². The number of rotatable bonds is 2. The molecule has 0 saturated heterocycles. The van der Waals surface area contributed by atoms with Crippen LogP contribution in [0, 0.1) is 0 Å². The van der Waals surface area contributed by atoms with E-state index in [0.717, 1.165) is 48.7 Å². The van der Waals surface area contributed by atoms with Crippen LogP contribution in [0.2, 0.25) is 0 Å². The lowest BCUT2D eigenvalue weighted by Gasteiger charge is -2.15. The third kappa shape index (κ3) is 2.59.